The van der Waals surface area contributed by atoms with Gasteiger partial charge in [-0.15, -0.1) is 0 Å². The first-order valence-electron chi connectivity index (χ1n) is 22.1. The van der Waals surface area contributed by atoms with Gasteiger partial charge in [0.25, 0.3) is 27.5 Å². The van der Waals surface area contributed by atoms with Crippen LogP contribution in [0.4, 0.5) is 39.9 Å². The summed E-state index contributed by atoms with van der Waals surface area (Å²) < 4.78 is 1.51. The normalized spacial score (nSPS) is 11.8. The van der Waals surface area contributed by atoms with Crippen LogP contribution in [-0.2, 0) is 0 Å². The van der Waals surface area contributed by atoms with Crippen molar-refractivity contribution in [3.8, 4) is 11.5 Å². The summed E-state index contributed by atoms with van der Waals surface area (Å²) in [5, 5.41) is 62.6. The van der Waals surface area contributed by atoms with Crippen LogP contribution in [0.2, 0.25) is 0 Å². The van der Waals surface area contributed by atoms with Gasteiger partial charge in [0.05, 0.1) is 36.7 Å². The molecule has 8 N–H and O–H groups in total. The molecule has 8 aromatic rings. The van der Waals surface area contributed by atoms with E-state index in [-0.39, 0.29) is 63.2 Å². The molecule has 2 atom stereocenters. The van der Waals surface area contributed by atoms with Crippen molar-refractivity contribution in [1.82, 2.24) is 4.73 Å². The SMILES string of the molecule is CC[C@@H](Nc1c(Nc2cccc(C(=O)N(C)c3cccc[n+]3[O-])c2O)c(=O)c1=O)c1ccccc1.CC[C@@H](Nc1c(Nc2cccc(C(=O)O)c2O)c(=O)c1=O)c1ccccc1.CN=c1ccccn1O. The number of carboxylic acid groups (broad SMARTS) is 1. The van der Waals surface area contributed by atoms with Crippen LogP contribution in [0.1, 0.15) is 70.6 Å². The van der Waals surface area contributed by atoms with Crippen LogP contribution < -0.4 is 58.1 Å². The number of aromatic nitrogens is 2. The number of aromatic carboxylic acids is 1. The number of phenolic OH excluding ortho intramolecular Hbond substituents is 1. The van der Waals surface area contributed by atoms with Gasteiger partial charge in [-0.25, -0.2) is 14.3 Å². The summed E-state index contributed by atoms with van der Waals surface area (Å²) in [5.41, 5.74) is -0.269. The van der Waals surface area contributed by atoms with E-state index in [1.807, 2.05) is 80.6 Å². The molecule has 0 spiro atoms. The number of aromatic hydroxyl groups is 2. The maximum Gasteiger partial charge on any atom is 0.344 e. The maximum absolute atomic E-state index is 13.0. The van der Waals surface area contributed by atoms with E-state index in [0.29, 0.717) is 23.1 Å². The Hall–Kier alpha value is -9.52. The van der Waals surface area contributed by atoms with Crippen LogP contribution in [0.25, 0.3) is 0 Å². The number of hydrogen-bond acceptors (Lipinski definition) is 15. The summed E-state index contributed by atoms with van der Waals surface area (Å²) in [6.07, 6.45) is 4.14. The molecule has 0 saturated carbocycles. The van der Waals surface area contributed by atoms with Crippen molar-refractivity contribution in [2.45, 2.75) is 38.8 Å². The van der Waals surface area contributed by atoms with Gasteiger partial charge in [-0.1, -0.05) is 98.8 Å². The number of para-hydroxylation sites is 2. The molecule has 8 rings (SSSR count). The number of nitrogens with zero attached hydrogens (tertiary/aromatic N) is 4. The minimum atomic E-state index is -1.30. The molecule has 0 unspecified atom stereocenters. The Morgan fingerprint density at radius 3 is 1.52 bits per heavy atom. The summed E-state index contributed by atoms with van der Waals surface area (Å²) in [4.78, 5) is 77.7. The molecule has 19 heteroatoms. The van der Waals surface area contributed by atoms with Gasteiger partial charge in [0.15, 0.2) is 17.0 Å². The van der Waals surface area contributed by atoms with Gasteiger partial charge < -0.3 is 47.0 Å². The molecule has 0 bridgehead atoms. The number of benzene rings is 4. The van der Waals surface area contributed by atoms with Crippen LogP contribution in [0.5, 0.6) is 11.5 Å². The first-order chi connectivity index (χ1) is 34.1. The highest BCUT2D eigenvalue weighted by Crippen LogP contribution is 2.35. The maximum atomic E-state index is 13.0. The minimum absolute atomic E-state index is 0.00669. The Kier molecular flexibility index (Phi) is 16.5. The monoisotopic (exact) mass is 962 g/mol. The summed E-state index contributed by atoms with van der Waals surface area (Å²) in [7, 11) is 3.04. The summed E-state index contributed by atoms with van der Waals surface area (Å²) in [6, 6.07) is 37.1. The first kappa shape index (κ1) is 50.9. The predicted octanol–water partition coefficient (Wildman–Crippen LogP) is 6.45. The van der Waals surface area contributed by atoms with Crippen molar-refractivity contribution in [3.63, 3.8) is 0 Å². The van der Waals surface area contributed by atoms with Crippen molar-refractivity contribution in [1.29, 1.82) is 0 Å². The molecule has 1 amide bonds. The van der Waals surface area contributed by atoms with E-state index < -0.39 is 45.1 Å². The molecular weight excluding hydrogens is 913 g/mol. The summed E-state index contributed by atoms with van der Waals surface area (Å²) in [5.74, 6) is -2.75. The average Bonchev–Trinajstić information content (AvgIpc) is 3.39. The third-order valence-corrected chi connectivity index (χ3v) is 11.2. The predicted molar refractivity (Wildman–Crippen MR) is 270 cm³/mol. The number of phenols is 2. The van der Waals surface area contributed by atoms with Crippen molar-refractivity contribution in [3.05, 3.63) is 220 Å². The highest BCUT2D eigenvalue weighted by molar-refractivity contribution is 6.08. The van der Waals surface area contributed by atoms with E-state index in [2.05, 4.69) is 26.3 Å². The Morgan fingerprint density at radius 1 is 0.634 bits per heavy atom. The van der Waals surface area contributed by atoms with Gasteiger partial charge in [-0.3, -0.25) is 24.2 Å². The average molecular weight is 963 g/mol. The highest BCUT2D eigenvalue weighted by atomic mass is 16.5. The molecule has 0 aliphatic carbocycles. The molecule has 2 aromatic heterocycles. The summed E-state index contributed by atoms with van der Waals surface area (Å²) in [6.45, 7) is 3.91. The molecule has 0 aliphatic heterocycles. The number of carbonyl (C=O) groups is 2. The number of rotatable bonds is 15. The Bertz CT molecular complexity index is 3380. The van der Waals surface area contributed by atoms with Crippen molar-refractivity contribution >= 4 is 51.8 Å². The Labute approximate surface area is 405 Å². The summed E-state index contributed by atoms with van der Waals surface area (Å²) >= 11 is 0. The van der Waals surface area contributed by atoms with Crippen LogP contribution in [0.15, 0.2) is 170 Å². The lowest BCUT2D eigenvalue weighted by atomic mass is 10.0. The van der Waals surface area contributed by atoms with Crippen LogP contribution in [-0.4, -0.2) is 51.2 Å². The van der Waals surface area contributed by atoms with Gasteiger partial charge in [0.2, 0.25) is 0 Å². The molecule has 0 fully saturated rings. The molecule has 0 saturated heterocycles. The highest BCUT2D eigenvalue weighted by Gasteiger charge is 2.29. The van der Waals surface area contributed by atoms with Crippen LogP contribution in [0.3, 0.4) is 0 Å². The number of carboxylic acids is 1. The molecule has 71 heavy (non-hydrogen) atoms. The third kappa shape index (κ3) is 11.4. The minimum Gasteiger partial charge on any atom is -0.711 e. The van der Waals surface area contributed by atoms with Crippen molar-refractivity contribution in [2.24, 2.45) is 4.99 Å². The van der Waals surface area contributed by atoms with Crippen LogP contribution in [0, 0.1) is 5.21 Å². The van der Waals surface area contributed by atoms with Crippen molar-refractivity contribution < 1.29 is 34.8 Å². The molecule has 19 nitrogen and oxygen atoms in total. The topological polar surface area (TPSA) is 279 Å². The molecular formula is C52H50N8O11. The second-order valence-corrected chi connectivity index (χ2v) is 15.7. The fraction of sp³-hybridized carbons (Fsp3) is 0.154. The standard InChI is InChI=1S/C26H24N4O5.C20H18N2O5.C6H8N2O/c1-3-18(16-10-5-4-6-11-16)27-21-22(25(33)24(21)32)28-19-13-9-12-17(23(19)31)26(34)29(2)20-14-7-8-15-30(20)35;1-2-13(11-7-4-3-5-8-11)21-15-16(19(25)18(15)24)22-14-10-6-9-12(17(14)23)20(26)27;1-7-6-4-2-3-5-8(6)9/h4-15,18,27-28,31H,3H2,1-2H3;3-10,13,21-23H,2H2,1H3,(H,26,27);2-5,9H,1H3/t18-;13-;/m11./s1. The number of hydrogen-bond donors (Lipinski definition) is 8. The van der Waals surface area contributed by atoms with Gasteiger partial charge in [0.1, 0.15) is 33.9 Å². The molecule has 0 aliphatic rings. The Balaban J connectivity index is 0.000000202. The van der Waals surface area contributed by atoms with E-state index >= 15 is 0 Å². The fourth-order valence-electron chi connectivity index (χ4n) is 7.33. The van der Waals surface area contributed by atoms with E-state index in [4.69, 9.17) is 10.3 Å². The van der Waals surface area contributed by atoms with Crippen LogP contribution >= 0.6 is 0 Å². The number of carbonyl (C=O) groups excluding carboxylic acids is 1. The van der Waals surface area contributed by atoms with Crippen molar-refractivity contribution in [2.75, 3.05) is 40.3 Å². The molecule has 2 heterocycles. The number of pyridine rings is 2. The zero-order valence-corrected chi connectivity index (χ0v) is 38.9. The first-order valence-corrected chi connectivity index (χ1v) is 22.1. The lowest BCUT2D eigenvalue weighted by Crippen LogP contribution is -2.39. The quantitative estimate of drug-likeness (QED) is 0.0180. The largest absolute Gasteiger partial charge is 0.711 e. The van der Waals surface area contributed by atoms with E-state index in [0.717, 1.165) is 20.8 Å². The van der Waals surface area contributed by atoms with E-state index in [1.54, 1.807) is 25.2 Å². The second-order valence-electron chi connectivity index (χ2n) is 15.7. The zero-order chi connectivity index (χ0) is 51.4. The van der Waals surface area contributed by atoms with Gasteiger partial charge >= 0.3 is 11.9 Å². The molecule has 0 radical (unpaired) electrons. The lowest BCUT2D eigenvalue weighted by Gasteiger charge is -2.22. The second kappa shape index (κ2) is 23.0. The van der Waals surface area contributed by atoms with E-state index in [9.17, 15) is 44.2 Å². The third-order valence-electron chi connectivity index (χ3n) is 11.2. The smallest absolute Gasteiger partial charge is 0.344 e. The van der Waals surface area contributed by atoms with E-state index in [1.165, 1.54) is 68.0 Å². The molecule has 364 valence electrons. The zero-order valence-electron chi connectivity index (χ0n) is 38.9. The number of nitrogens with one attached hydrogen (secondary N) is 4. The number of anilines is 7. The van der Waals surface area contributed by atoms with Gasteiger partial charge in [-0.05, 0) is 66.4 Å². The van der Waals surface area contributed by atoms with Gasteiger partial charge in [-0.2, -0.15) is 9.63 Å². The molecule has 6 aromatic carbocycles. The van der Waals surface area contributed by atoms with Gasteiger partial charge in [0, 0.05) is 19.3 Å². The lowest BCUT2D eigenvalue weighted by molar-refractivity contribution is -0.591. The fourth-order valence-corrected chi connectivity index (χ4v) is 7.33. The number of amides is 1. The Morgan fingerprint density at radius 2 is 1.08 bits per heavy atom.